The third-order valence-electron chi connectivity index (χ3n) is 1.65. The lowest BCUT2D eigenvalue weighted by Crippen LogP contribution is -2.06. The summed E-state index contributed by atoms with van der Waals surface area (Å²) in [5.74, 6) is 0.301. The van der Waals surface area contributed by atoms with Crippen LogP contribution in [0.2, 0.25) is 0 Å². The van der Waals surface area contributed by atoms with Crippen molar-refractivity contribution in [3.05, 3.63) is 10.4 Å². The standard InChI is InChI=1S/C7H13N3O/c1-6(7(2)11)4-3-5-9-10-8/h6H,3-5H2,1-2H3. The lowest BCUT2D eigenvalue weighted by molar-refractivity contribution is -0.120. The molecule has 0 radical (unpaired) electrons. The minimum atomic E-state index is 0.101. The predicted octanol–water partition coefficient (Wildman–Crippen LogP) is 2.30. The topological polar surface area (TPSA) is 65.8 Å². The molecule has 0 aromatic rings. The molecule has 0 aliphatic heterocycles. The molecule has 0 amide bonds. The van der Waals surface area contributed by atoms with E-state index in [0.717, 1.165) is 12.8 Å². The molecule has 0 aliphatic carbocycles. The van der Waals surface area contributed by atoms with E-state index in [2.05, 4.69) is 10.0 Å². The zero-order valence-corrected chi connectivity index (χ0v) is 6.95. The SMILES string of the molecule is CC(=O)C(C)CCCN=[N+]=[N-]. The lowest BCUT2D eigenvalue weighted by Gasteiger charge is -2.03. The molecule has 1 atom stereocenters. The normalized spacial score (nSPS) is 11.8. The first kappa shape index (κ1) is 9.98. The second-order valence-corrected chi connectivity index (χ2v) is 2.61. The maximum absolute atomic E-state index is 10.7. The van der Waals surface area contributed by atoms with E-state index >= 15 is 0 Å². The van der Waals surface area contributed by atoms with Crippen LogP contribution in [0.3, 0.4) is 0 Å². The number of hydrogen-bond acceptors (Lipinski definition) is 2. The van der Waals surface area contributed by atoms with Crippen molar-refractivity contribution in [1.82, 2.24) is 0 Å². The zero-order valence-electron chi connectivity index (χ0n) is 6.95. The number of carbonyl (C=O) groups excluding carboxylic acids is 1. The lowest BCUT2D eigenvalue weighted by atomic mass is 10.0. The van der Waals surface area contributed by atoms with E-state index in [9.17, 15) is 4.79 Å². The summed E-state index contributed by atoms with van der Waals surface area (Å²) in [7, 11) is 0. The summed E-state index contributed by atoms with van der Waals surface area (Å²) in [5, 5.41) is 3.37. The van der Waals surface area contributed by atoms with Crippen molar-refractivity contribution in [2.75, 3.05) is 6.54 Å². The first-order chi connectivity index (χ1) is 5.18. The fraction of sp³-hybridized carbons (Fsp3) is 0.857. The average Bonchev–Trinajstić information content (AvgIpc) is 1.97. The Kier molecular flexibility index (Phi) is 5.21. The van der Waals surface area contributed by atoms with Crippen molar-refractivity contribution in [1.29, 1.82) is 0 Å². The predicted molar refractivity (Wildman–Crippen MR) is 43.1 cm³/mol. The second kappa shape index (κ2) is 5.74. The monoisotopic (exact) mass is 155 g/mol. The fourth-order valence-corrected chi connectivity index (χ4v) is 0.716. The van der Waals surface area contributed by atoms with Crippen LogP contribution < -0.4 is 0 Å². The zero-order chi connectivity index (χ0) is 8.69. The van der Waals surface area contributed by atoms with Crippen molar-refractivity contribution in [2.24, 2.45) is 11.0 Å². The van der Waals surface area contributed by atoms with Crippen molar-refractivity contribution >= 4 is 5.78 Å². The summed E-state index contributed by atoms with van der Waals surface area (Å²) in [5.41, 5.74) is 7.93. The highest BCUT2D eigenvalue weighted by Gasteiger charge is 2.05. The Morgan fingerprint density at radius 3 is 2.82 bits per heavy atom. The minimum Gasteiger partial charge on any atom is -0.300 e. The summed E-state index contributed by atoms with van der Waals surface area (Å²) in [6, 6.07) is 0. The molecular weight excluding hydrogens is 142 g/mol. The maximum Gasteiger partial charge on any atom is 0.132 e. The van der Waals surface area contributed by atoms with Gasteiger partial charge in [-0.25, -0.2) is 0 Å². The number of ketones is 1. The van der Waals surface area contributed by atoms with Gasteiger partial charge in [0.1, 0.15) is 5.78 Å². The van der Waals surface area contributed by atoms with Gasteiger partial charge < -0.3 is 0 Å². The molecule has 0 rings (SSSR count). The third-order valence-corrected chi connectivity index (χ3v) is 1.65. The minimum absolute atomic E-state index is 0.101. The van der Waals surface area contributed by atoms with Crippen molar-refractivity contribution in [3.63, 3.8) is 0 Å². The Hall–Kier alpha value is -1.02. The molecule has 0 saturated heterocycles. The molecular formula is C7H13N3O. The first-order valence-corrected chi connectivity index (χ1v) is 3.69. The number of nitrogens with zero attached hydrogens (tertiary/aromatic N) is 3. The van der Waals surface area contributed by atoms with Gasteiger partial charge >= 0.3 is 0 Å². The maximum atomic E-state index is 10.7. The molecule has 4 heteroatoms. The van der Waals surface area contributed by atoms with Gasteiger partial charge in [-0.05, 0) is 25.3 Å². The summed E-state index contributed by atoms with van der Waals surface area (Å²) in [4.78, 5) is 13.3. The van der Waals surface area contributed by atoms with Crippen molar-refractivity contribution in [3.8, 4) is 0 Å². The van der Waals surface area contributed by atoms with E-state index in [4.69, 9.17) is 5.53 Å². The second-order valence-electron chi connectivity index (χ2n) is 2.61. The molecule has 4 nitrogen and oxygen atoms in total. The third kappa shape index (κ3) is 5.43. The van der Waals surface area contributed by atoms with E-state index in [1.807, 2.05) is 6.92 Å². The van der Waals surface area contributed by atoms with E-state index in [1.165, 1.54) is 0 Å². The molecule has 0 fully saturated rings. The fourth-order valence-electron chi connectivity index (χ4n) is 0.716. The van der Waals surface area contributed by atoms with Crippen molar-refractivity contribution in [2.45, 2.75) is 26.7 Å². The van der Waals surface area contributed by atoms with Crippen LogP contribution in [0.5, 0.6) is 0 Å². The van der Waals surface area contributed by atoms with E-state index in [-0.39, 0.29) is 11.7 Å². The van der Waals surface area contributed by atoms with Gasteiger partial charge in [-0.1, -0.05) is 12.0 Å². The van der Waals surface area contributed by atoms with Crippen LogP contribution in [0.25, 0.3) is 10.4 Å². The first-order valence-electron chi connectivity index (χ1n) is 3.69. The molecule has 0 aliphatic rings. The summed E-state index contributed by atoms with van der Waals surface area (Å²) in [6.07, 6.45) is 1.61. The summed E-state index contributed by atoms with van der Waals surface area (Å²) in [6.45, 7) is 3.96. The van der Waals surface area contributed by atoms with Gasteiger partial charge in [0.05, 0.1) is 0 Å². The highest BCUT2D eigenvalue weighted by atomic mass is 16.1. The van der Waals surface area contributed by atoms with Crippen LogP contribution in [0.1, 0.15) is 26.7 Å². The molecule has 62 valence electrons. The van der Waals surface area contributed by atoms with Crippen LogP contribution in [0, 0.1) is 5.92 Å². The number of rotatable bonds is 5. The molecule has 0 spiro atoms. The molecule has 0 heterocycles. The van der Waals surface area contributed by atoms with Gasteiger partial charge in [0.25, 0.3) is 0 Å². The van der Waals surface area contributed by atoms with E-state index in [1.54, 1.807) is 6.92 Å². The van der Waals surface area contributed by atoms with E-state index in [0.29, 0.717) is 6.54 Å². The van der Waals surface area contributed by atoms with Gasteiger partial charge in [0.15, 0.2) is 0 Å². The molecule has 1 unspecified atom stereocenters. The number of azide groups is 1. The quantitative estimate of drug-likeness (QED) is 0.260. The molecule has 0 saturated carbocycles. The van der Waals surface area contributed by atoms with Crippen LogP contribution in [-0.2, 0) is 4.79 Å². The van der Waals surface area contributed by atoms with Crippen LogP contribution in [-0.4, -0.2) is 12.3 Å². The Bertz CT molecular complexity index is 173. The average molecular weight is 155 g/mol. The number of Topliss-reactive ketones (excluding diaryl/α,β-unsaturated/α-hetero) is 1. The molecule has 0 N–H and O–H groups in total. The largest absolute Gasteiger partial charge is 0.300 e. The Labute approximate surface area is 66.2 Å². The summed E-state index contributed by atoms with van der Waals surface area (Å²) >= 11 is 0. The number of hydrogen-bond donors (Lipinski definition) is 0. The van der Waals surface area contributed by atoms with Crippen molar-refractivity contribution < 1.29 is 4.79 Å². The van der Waals surface area contributed by atoms with Gasteiger partial charge in [-0.3, -0.25) is 4.79 Å². The Morgan fingerprint density at radius 1 is 1.73 bits per heavy atom. The summed E-state index contributed by atoms with van der Waals surface area (Å²) < 4.78 is 0. The molecule has 0 aromatic carbocycles. The highest BCUT2D eigenvalue weighted by Crippen LogP contribution is 2.05. The van der Waals surface area contributed by atoms with Gasteiger partial charge in [-0.15, -0.1) is 0 Å². The van der Waals surface area contributed by atoms with E-state index < -0.39 is 0 Å². The van der Waals surface area contributed by atoms with Gasteiger partial charge in [0, 0.05) is 17.4 Å². The van der Waals surface area contributed by atoms with Crippen LogP contribution >= 0.6 is 0 Å². The molecule has 11 heavy (non-hydrogen) atoms. The smallest absolute Gasteiger partial charge is 0.132 e. The highest BCUT2D eigenvalue weighted by molar-refractivity contribution is 5.77. The van der Waals surface area contributed by atoms with Gasteiger partial charge in [0.2, 0.25) is 0 Å². The molecule has 0 aromatic heterocycles. The Morgan fingerprint density at radius 2 is 2.36 bits per heavy atom. The number of carbonyl (C=O) groups is 1. The van der Waals surface area contributed by atoms with Gasteiger partial charge in [-0.2, -0.15) is 0 Å². The molecule has 0 bridgehead atoms. The van der Waals surface area contributed by atoms with Crippen LogP contribution in [0.4, 0.5) is 0 Å². The Balaban J connectivity index is 3.38. The van der Waals surface area contributed by atoms with Crippen LogP contribution in [0.15, 0.2) is 5.11 Å².